The Labute approximate surface area is 122 Å². The van der Waals surface area contributed by atoms with Crippen molar-refractivity contribution in [3.63, 3.8) is 0 Å². The maximum atomic E-state index is 11.4. The van der Waals surface area contributed by atoms with Gasteiger partial charge in [0.25, 0.3) is 0 Å². The molecule has 0 aliphatic carbocycles. The lowest BCUT2D eigenvalue weighted by molar-refractivity contribution is 0.413. The van der Waals surface area contributed by atoms with Gasteiger partial charge in [-0.05, 0) is 26.8 Å². The van der Waals surface area contributed by atoms with E-state index in [1.54, 1.807) is 0 Å². The molecule has 6 nitrogen and oxygen atoms in total. The van der Waals surface area contributed by atoms with Gasteiger partial charge in [0.1, 0.15) is 0 Å². The lowest BCUT2D eigenvalue weighted by atomic mass is 10.2. The third-order valence-electron chi connectivity index (χ3n) is 3.33. The molecule has 20 heavy (non-hydrogen) atoms. The zero-order valence-corrected chi connectivity index (χ0v) is 13.7. The molecule has 0 saturated heterocycles. The molecule has 1 aromatic heterocycles. The average molecular weight is 302 g/mol. The first-order chi connectivity index (χ1) is 9.38. The summed E-state index contributed by atoms with van der Waals surface area (Å²) in [5.74, 6) is 0. The first-order valence-electron chi connectivity index (χ1n) is 7.09. The van der Waals surface area contributed by atoms with Gasteiger partial charge in [-0.3, -0.25) is 4.68 Å². The van der Waals surface area contributed by atoms with E-state index in [1.807, 2.05) is 24.0 Å². The van der Waals surface area contributed by atoms with Crippen LogP contribution in [-0.4, -0.2) is 48.4 Å². The van der Waals surface area contributed by atoms with Gasteiger partial charge in [-0.1, -0.05) is 6.92 Å². The Morgan fingerprint density at radius 1 is 1.45 bits per heavy atom. The van der Waals surface area contributed by atoms with Crippen LogP contribution >= 0.6 is 0 Å². The molecule has 1 N–H and O–H groups in total. The van der Waals surface area contributed by atoms with Crippen molar-refractivity contribution in [2.45, 2.75) is 39.8 Å². The Kier molecular flexibility index (Phi) is 6.64. The molecule has 7 heteroatoms. The SMILES string of the molecule is CCN(CCCNC(C)c1cnn(CC)c1)S(C)(=O)=O. The molecule has 0 amide bonds. The van der Waals surface area contributed by atoms with E-state index in [-0.39, 0.29) is 6.04 Å². The molecular formula is C13H26N4O2S. The molecule has 0 fully saturated rings. The van der Waals surface area contributed by atoms with Crippen molar-refractivity contribution in [3.8, 4) is 0 Å². The van der Waals surface area contributed by atoms with Crippen LogP contribution < -0.4 is 5.32 Å². The van der Waals surface area contributed by atoms with Crippen molar-refractivity contribution in [2.24, 2.45) is 0 Å². The summed E-state index contributed by atoms with van der Waals surface area (Å²) >= 11 is 0. The molecule has 0 spiro atoms. The van der Waals surface area contributed by atoms with Crippen LogP contribution in [-0.2, 0) is 16.6 Å². The van der Waals surface area contributed by atoms with E-state index in [0.717, 1.165) is 25.1 Å². The predicted molar refractivity (Wildman–Crippen MR) is 81.0 cm³/mol. The van der Waals surface area contributed by atoms with Gasteiger partial charge in [-0.25, -0.2) is 12.7 Å². The second kappa shape index (κ2) is 7.75. The fraction of sp³-hybridized carbons (Fsp3) is 0.769. The Morgan fingerprint density at radius 3 is 2.65 bits per heavy atom. The number of sulfonamides is 1. The Balaban J connectivity index is 2.33. The van der Waals surface area contributed by atoms with Gasteiger partial charge in [0.15, 0.2) is 0 Å². The molecular weight excluding hydrogens is 276 g/mol. The van der Waals surface area contributed by atoms with E-state index >= 15 is 0 Å². The molecule has 0 radical (unpaired) electrons. The van der Waals surface area contributed by atoms with Gasteiger partial charge in [0.05, 0.1) is 12.5 Å². The van der Waals surface area contributed by atoms with Crippen LogP contribution in [0.25, 0.3) is 0 Å². The summed E-state index contributed by atoms with van der Waals surface area (Å²) in [7, 11) is -3.08. The lowest BCUT2D eigenvalue weighted by Gasteiger charge is -2.18. The largest absolute Gasteiger partial charge is 0.310 e. The lowest BCUT2D eigenvalue weighted by Crippen LogP contribution is -2.32. The second-order valence-electron chi connectivity index (χ2n) is 4.91. The van der Waals surface area contributed by atoms with Crippen LogP contribution in [0.1, 0.15) is 38.8 Å². The number of nitrogens with one attached hydrogen (secondary N) is 1. The molecule has 1 aromatic rings. The fourth-order valence-corrected chi connectivity index (χ4v) is 2.96. The van der Waals surface area contributed by atoms with Gasteiger partial charge in [-0.2, -0.15) is 5.10 Å². The van der Waals surface area contributed by atoms with Crippen LogP contribution in [0.5, 0.6) is 0 Å². The Morgan fingerprint density at radius 2 is 2.15 bits per heavy atom. The first kappa shape index (κ1) is 17.1. The highest BCUT2D eigenvalue weighted by Gasteiger charge is 2.13. The van der Waals surface area contributed by atoms with Crippen LogP contribution in [0.4, 0.5) is 0 Å². The molecule has 1 heterocycles. The second-order valence-corrected chi connectivity index (χ2v) is 6.90. The summed E-state index contributed by atoms with van der Waals surface area (Å²) in [5.41, 5.74) is 1.15. The molecule has 1 atom stereocenters. The molecule has 116 valence electrons. The van der Waals surface area contributed by atoms with Gasteiger partial charge >= 0.3 is 0 Å². The van der Waals surface area contributed by atoms with Gasteiger partial charge in [0, 0.05) is 37.4 Å². The van der Waals surface area contributed by atoms with Crippen molar-refractivity contribution in [2.75, 3.05) is 25.9 Å². The maximum absolute atomic E-state index is 11.4. The van der Waals surface area contributed by atoms with Crippen molar-refractivity contribution < 1.29 is 8.42 Å². The number of hydrogen-bond acceptors (Lipinski definition) is 4. The third kappa shape index (κ3) is 5.22. The summed E-state index contributed by atoms with van der Waals surface area (Å²) < 4.78 is 26.3. The monoisotopic (exact) mass is 302 g/mol. The van der Waals surface area contributed by atoms with Crippen LogP contribution in [0, 0.1) is 0 Å². The summed E-state index contributed by atoms with van der Waals surface area (Å²) in [6, 6.07) is 0.226. The van der Waals surface area contributed by atoms with Gasteiger partial charge < -0.3 is 5.32 Å². The highest BCUT2D eigenvalue weighted by molar-refractivity contribution is 7.88. The Bertz CT molecular complexity index is 498. The molecule has 0 aliphatic heterocycles. The highest BCUT2D eigenvalue weighted by Crippen LogP contribution is 2.10. The van der Waals surface area contributed by atoms with E-state index in [9.17, 15) is 8.42 Å². The molecule has 1 rings (SSSR count). The van der Waals surface area contributed by atoms with Crippen molar-refractivity contribution in [1.29, 1.82) is 0 Å². The van der Waals surface area contributed by atoms with Gasteiger partial charge in [0.2, 0.25) is 10.0 Å². The molecule has 0 aromatic carbocycles. The highest BCUT2D eigenvalue weighted by atomic mass is 32.2. The molecule has 0 saturated carbocycles. The maximum Gasteiger partial charge on any atom is 0.211 e. The summed E-state index contributed by atoms with van der Waals surface area (Å²) in [5, 5.41) is 7.64. The van der Waals surface area contributed by atoms with Gasteiger partial charge in [-0.15, -0.1) is 0 Å². The van der Waals surface area contributed by atoms with Crippen LogP contribution in [0.2, 0.25) is 0 Å². The van der Waals surface area contributed by atoms with E-state index in [2.05, 4.69) is 24.3 Å². The summed E-state index contributed by atoms with van der Waals surface area (Å²) in [6.45, 7) is 8.73. The molecule has 0 aliphatic rings. The molecule has 1 unspecified atom stereocenters. The smallest absolute Gasteiger partial charge is 0.211 e. The quantitative estimate of drug-likeness (QED) is 0.697. The first-order valence-corrected chi connectivity index (χ1v) is 8.94. The zero-order valence-electron chi connectivity index (χ0n) is 12.8. The van der Waals surface area contributed by atoms with E-state index in [4.69, 9.17) is 0 Å². The van der Waals surface area contributed by atoms with E-state index in [0.29, 0.717) is 13.1 Å². The minimum atomic E-state index is -3.08. The van der Waals surface area contributed by atoms with Crippen LogP contribution in [0.3, 0.4) is 0 Å². The standard InChI is InChI=1S/C13H26N4O2S/c1-5-16-11-13(10-15-16)12(3)14-8-7-9-17(6-2)20(4,18)19/h10-12,14H,5-9H2,1-4H3. The predicted octanol–water partition coefficient (Wildman–Crippen LogP) is 1.23. The minimum absolute atomic E-state index is 0.226. The number of aromatic nitrogens is 2. The molecule has 0 bridgehead atoms. The zero-order chi connectivity index (χ0) is 15.2. The third-order valence-corrected chi connectivity index (χ3v) is 4.71. The number of nitrogens with zero attached hydrogens (tertiary/aromatic N) is 3. The number of rotatable bonds is 9. The summed E-state index contributed by atoms with van der Waals surface area (Å²) in [6.07, 6.45) is 5.96. The van der Waals surface area contributed by atoms with E-state index in [1.165, 1.54) is 10.6 Å². The van der Waals surface area contributed by atoms with Crippen molar-refractivity contribution in [1.82, 2.24) is 19.4 Å². The number of aryl methyl sites for hydroxylation is 1. The summed E-state index contributed by atoms with van der Waals surface area (Å²) in [4.78, 5) is 0. The minimum Gasteiger partial charge on any atom is -0.310 e. The topological polar surface area (TPSA) is 67.2 Å². The van der Waals surface area contributed by atoms with Crippen LogP contribution in [0.15, 0.2) is 12.4 Å². The van der Waals surface area contributed by atoms with Crippen molar-refractivity contribution in [3.05, 3.63) is 18.0 Å². The Hall–Kier alpha value is -0.920. The van der Waals surface area contributed by atoms with E-state index < -0.39 is 10.0 Å². The fourth-order valence-electron chi connectivity index (χ4n) is 2.03. The van der Waals surface area contributed by atoms with Crippen molar-refractivity contribution >= 4 is 10.0 Å². The average Bonchev–Trinajstić information content (AvgIpc) is 2.85. The number of hydrogen-bond donors (Lipinski definition) is 1. The normalized spacial score (nSPS) is 13.8.